The first kappa shape index (κ1) is 22.4. The van der Waals surface area contributed by atoms with Gasteiger partial charge in [-0.05, 0) is 61.3 Å². The zero-order valence-corrected chi connectivity index (χ0v) is 19.5. The summed E-state index contributed by atoms with van der Waals surface area (Å²) in [6.07, 6.45) is 1.15. The molecule has 2 saturated heterocycles. The predicted octanol–water partition coefficient (Wildman–Crippen LogP) is 4.16. The summed E-state index contributed by atoms with van der Waals surface area (Å²) in [5.74, 6) is -0.792. The second-order valence-electron chi connectivity index (χ2n) is 10.4. The maximum atomic E-state index is 12.8. The highest BCUT2D eigenvalue weighted by Crippen LogP contribution is 2.51. The van der Waals surface area contributed by atoms with Gasteiger partial charge in [-0.1, -0.05) is 48.5 Å². The van der Waals surface area contributed by atoms with Gasteiger partial charge < -0.3 is 20.1 Å². The molecule has 2 amide bonds. The lowest BCUT2D eigenvalue weighted by atomic mass is 9.73. The highest BCUT2D eigenvalue weighted by molar-refractivity contribution is 5.89. The number of nitrogens with one attached hydrogen (secondary N) is 1. The number of carboxylic acids is 1. The molecule has 2 aromatic rings. The Labute approximate surface area is 199 Å². The molecule has 2 aliphatic carbocycles. The van der Waals surface area contributed by atoms with E-state index < -0.39 is 23.1 Å². The average Bonchev–Trinajstić information content (AvgIpc) is 3.44. The number of aliphatic carboxylic acids is 1. The normalized spacial score (nSPS) is 22.5. The van der Waals surface area contributed by atoms with E-state index in [0.29, 0.717) is 31.7 Å². The summed E-state index contributed by atoms with van der Waals surface area (Å²) in [5.41, 5.74) is 2.97. The van der Waals surface area contributed by atoms with Crippen molar-refractivity contribution in [3.8, 4) is 11.1 Å². The van der Waals surface area contributed by atoms with Gasteiger partial charge in [0.15, 0.2) is 0 Å². The smallest absolute Gasteiger partial charge is 0.407 e. The SMILES string of the molecule is CC(C)(CCC(=O)N1CC2CC1(C(=O)O)C2)NC(=O)OCC1c2ccccc2-c2ccccc21. The zero-order valence-electron chi connectivity index (χ0n) is 19.5. The van der Waals surface area contributed by atoms with Crippen LogP contribution in [0.4, 0.5) is 4.79 Å². The Balaban J connectivity index is 1.16. The predicted molar refractivity (Wildman–Crippen MR) is 126 cm³/mol. The van der Waals surface area contributed by atoms with Gasteiger partial charge in [0.2, 0.25) is 5.91 Å². The van der Waals surface area contributed by atoms with Crippen molar-refractivity contribution in [1.29, 1.82) is 0 Å². The number of alkyl carbamates (subject to hydrolysis) is 1. The van der Waals surface area contributed by atoms with Crippen molar-refractivity contribution >= 4 is 18.0 Å². The summed E-state index contributed by atoms with van der Waals surface area (Å²) < 4.78 is 5.63. The molecule has 2 aliphatic heterocycles. The first-order valence-corrected chi connectivity index (χ1v) is 11.9. The van der Waals surface area contributed by atoms with E-state index >= 15 is 0 Å². The third-order valence-corrected chi connectivity index (χ3v) is 7.66. The Morgan fingerprint density at radius 2 is 1.65 bits per heavy atom. The lowest BCUT2D eigenvalue weighted by Crippen LogP contribution is -2.55. The Morgan fingerprint density at radius 3 is 2.24 bits per heavy atom. The minimum atomic E-state index is -1.01. The van der Waals surface area contributed by atoms with Crippen molar-refractivity contribution in [3.05, 3.63) is 59.7 Å². The number of nitrogens with zero attached hydrogens (tertiary/aromatic N) is 1. The minimum absolute atomic E-state index is 0.0169. The van der Waals surface area contributed by atoms with Crippen LogP contribution in [0.1, 0.15) is 56.6 Å². The van der Waals surface area contributed by atoms with E-state index in [-0.39, 0.29) is 24.9 Å². The zero-order chi connectivity index (χ0) is 24.1. The van der Waals surface area contributed by atoms with Crippen LogP contribution in [0.2, 0.25) is 0 Å². The van der Waals surface area contributed by atoms with Gasteiger partial charge in [-0.25, -0.2) is 9.59 Å². The fourth-order valence-electron chi connectivity index (χ4n) is 5.84. The molecule has 3 fully saturated rings. The topological polar surface area (TPSA) is 95.9 Å². The Bertz CT molecular complexity index is 1110. The van der Waals surface area contributed by atoms with Gasteiger partial charge >= 0.3 is 12.1 Å². The van der Waals surface area contributed by atoms with Crippen molar-refractivity contribution < 1.29 is 24.2 Å². The van der Waals surface area contributed by atoms with E-state index in [0.717, 1.165) is 11.1 Å². The van der Waals surface area contributed by atoms with E-state index in [4.69, 9.17) is 4.74 Å². The van der Waals surface area contributed by atoms with Crippen LogP contribution in [-0.4, -0.2) is 52.2 Å². The van der Waals surface area contributed by atoms with E-state index in [1.165, 1.54) is 16.0 Å². The van der Waals surface area contributed by atoms with E-state index in [1.807, 2.05) is 38.1 Å². The number of rotatable bonds is 7. The molecule has 0 unspecified atom stereocenters. The first-order chi connectivity index (χ1) is 16.2. The molecule has 2 bridgehead atoms. The molecule has 2 aromatic carbocycles. The average molecular weight is 463 g/mol. The number of hydrogen-bond donors (Lipinski definition) is 2. The molecule has 0 atom stereocenters. The fourth-order valence-corrected chi connectivity index (χ4v) is 5.84. The maximum absolute atomic E-state index is 12.8. The summed E-state index contributed by atoms with van der Waals surface area (Å²) in [7, 11) is 0. The van der Waals surface area contributed by atoms with Crippen LogP contribution in [0.3, 0.4) is 0 Å². The standard InChI is InChI=1S/C27H30N2O5/c1-26(2,12-11-23(30)29-15-17-13-27(29,14-17)24(31)32)28-25(33)34-16-22-20-9-5-3-7-18(20)19-8-4-6-10-21(19)22/h3-10,17,22H,11-16H2,1-2H3,(H,28,33)(H,31,32). The van der Waals surface area contributed by atoms with Gasteiger partial charge in [0, 0.05) is 24.4 Å². The summed E-state index contributed by atoms with van der Waals surface area (Å²) >= 11 is 0. The molecule has 178 valence electrons. The molecule has 1 saturated carbocycles. The van der Waals surface area contributed by atoms with Gasteiger partial charge in [-0.2, -0.15) is 0 Å². The fraction of sp³-hybridized carbons (Fsp3) is 0.444. The molecule has 0 spiro atoms. The Morgan fingerprint density at radius 1 is 1.06 bits per heavy atom. The Kier molecular flexibility index (Phi) is 5.38. The summed E-state index contributed by atoms with van der Waals surface area (Å²) in [6.45, 7) is 4.44. The van der Waals surface area contributed by atoms with Crippen LogP contribution in [0.25, 0.3) is 11.1 Å². The largest absolute Gasteiger partial charge is 0.479 e. The summed E-state index contributed by atoms with van der Waals surface area (Å²) in [4.78, 5) is 38.6. The highest BCUT2D eigenvalue weighted by atomic mass is 16.5. The molecular formula is C27H30N2O5. The second-order valence-corrected chi connectivity index (χ2v) is 10.4. The maximum Gasteiger partial charge on any atom is 0.407 e. The number of fused-ring (bicyclic) bond motifs is 4. The Hall–Kier alpha value is -3.35. The first-order valence-electron chi connectivity index (χ1n) is 11.9. The van der Waals surface area contributed by atoms with Gasteiger partial charge in [0.1, 0.15) is 12.1 Å². The van der Waals surface area contributed by atoms with Gasteiger partial charge in [0.25, 0.3) is 0 Å². The van der Waals surface area contributed by atoms with Crippen LogP contribution < -0.4 is 5.32 Å². The van der Waals surface area contributed by atoms with Gasteiger partial charge in [0.05, 0.1) is 0 Å². The van der Waals surface area contributed by atoms with Crippen LogP contribution in [0, 0.1) is 5.92 Å². The molecule has 2 N–H and O–H groups in total. The van der Waals surface area contributed by atoms with Crippen LogP contribution >= 0.6 is 0 Å². The lowest BCUT2D eigenvalue weighted by molar-refractivity contribution is -0.158. The molecule has 0 radical (unpaired) electrons. The van der Waals surface area contributed by atoms with Crippen LogP contribution in [-0.2, 0) is 14.3 Å². The van der Waals surface area contributed by atoms with Crippen molar-refractivity contribution in [2.45, 2.75) is 56.5 Å². The third kappa shape index (κ3) is 3.73. The van der Waals surface area contributed by atoms with Crippen molar-refractivity contribution in [2.24, 2.45) is 5.92 Å². The van der Waals surface area contributed by atoms with Crippen LogP contribution in [0.5, 0.6) is 0 Å². The molecule has 0 aromatic heterocycles. The third-order valence-electron chi connectivity index (χ3n) is 7.66. The number of carboxylic acid groups (broad SMARTS) is 1. The number of carbonyl (C=O) groups is 3. The molecular weight excluding hydrogens is 432 g/mol. The molecule has 34 heavy (non-hydrogen) atoms. The van der Waals surface area contributed by atoms with E-state index in [9.17, 15) is 19.5 Å². The van der Waals surface area contributed by atoms with E-state index in [1.54, 1.807) is 0 Å². The van der Waals surface area contributed by atoms with Crippen molar-refractivity contribution in [3.63, 3.8) is 0 Å². The van der Waals surface area contributed by atoms with Gasteiger partial charge in [-0.15, -0.1) is 0 Å². The number of carbonyl (C=O) groups excluding carboxylic acids is 2. The monoisotopic (exact) mass is 462 g/mol. The van der Waals surface area contributed by atoms with E-state index in [2.05, 4.69) is 29.6 Å². The molecule has 2 heterocycles. The number of amides is 2. The van der Waals surface area contributed by atoms with Gasteiger partial charge in [-0.3, -0.25) is 4.79 Å². The van der Waals surface area contributed by atoms with Crippen LogP contribution in [0.15, 0.2) is 48.5 Å². The number of ether oxygens (including phenoxy) is 1. The summed E-state index contributed by atoms with van der Waals surface area (Å²) in [5, 5.41) is 12.5. The second kappa shape index (κ2) is 8.15. The van der Waals surface area contributed by atoms with Crippen molar-refractivity contribution in [1.82, 2.24) is 10.2 Å². The number of benzene rings is 2. The molecule has 6 rings (SSSR count). The molecule has 4 aliphatic rings. The number of hydrogen-bond acceptors (Lipinski definition) is 4. The lowest BCUT2D eigenvalue weighted by Gasteiger charge is -2.38. The highest BCUT2D eigenvalue weighted by Gasteiger charge is 2.62. The summed E-state index contributed by atoms with van der Waals surface area (Å²) in [6, 6.07) is 16.3. The molecule has 7 nitrogen and oxygen atoms in total. The van der Waals surface area contributed by atoms with Crippen molar-refractivity contribution in [2.75, 3.05) is 13.2 Å². The minimum Gasteiger partial charge on any atom is -0.479 e. The molecule has 7 heteroatoms. The quantitative estimate of drug-likeness (QED) is 0.644.